The average Bonchev–Trinajstić information content (AvgIpc) is 3.05. The molecule has 1 amide bonds. The summed E-state index contributed by atoms with van der Waals surface area (Å²) in [4.78, 5) is 16.5. The smallest absolute Gasteiger partial charge is 0.246 e. The van der Waals surface area contributed by atoms with Gasteiger partial charge in [-0.05, 0) is 24.6 Å². The van der Waals surface area contributed by atoms with Gasteiger partial charge in [-0.25, -0.2) is 9.67 Å². The van der Waals surface area contributed by atoms with Crippen LogP contribution in [0.15, 0.2) is 18.2 Å². The molecule has 1 fully saturated rings. The molecule has 1 aliphatic rings. The van der Waals surface area contributed by atoms with E-state index in [-0.39, 0.29) is 12.5 Å². The number of aromatic nitrogens is 3. The van der Waals surface area contributed by atoms with Crippen molar-refractivity contribution < 1.29 is 23.7 Å². The van der Waals surface area contributed by atoms with Crippen molar-refractivity contribution in [2.45, 2.75) is 25.6 Å². The Morgan fingerprint density at radius 1 is 1.26 bits per heavy atom. The van der Waals surface area contributed by atoms with Crippen molar-refractivity contribution in [3.8, 4) is 11.5 Å². The van der Waals surface area contributed by atoms with E-state index in [0.717, 1.165) is 5.56 Å². The molecule has 0 aliphatic carbocycles. The summed E-state index contributed by atoms with van der Waals surface area (Å²) in [6, 6.07) is 5.06. The number of hydrogen-bond donors (Lipinski definition) is 1. The molecule has 146 valence electrons. The topological polar surface area (TPSA) is 96.7 Å². The molecule has 9 heteroatoms. The highest BCUT2D eigenvalue weighted by atomic mass is 16.5. The third-order valence-corrected chi connectivity index (χ3v) is 4.35. The highest BCUT2D eigenvalue weighted by molar-refractivity contribution is 5.78. The first-order valence-electron chi connectivity index (χ1n) is 8.60. The van der Waals surface area contributed by atoms with Gasteiger partial charge in [0, 0.05) is 7.11 Å². The standard InChI is InChI=1S/C18H24N4O5/c1-11-19-18(22(21-11)7-8-24-2)17-16(20-15(23)10-27-17)12-5-6-13(25-3)14(9-12)26-4/h5-6,9,16-17H,7-8,10H2,1-4H3,(H,20,23)/t16-,17+/m1/s1. The highest BCUT2D eigenvalue weighted by Crippen LogP contribution is 2.37. The number of benzene rings is 1. The van der Waals surface area contributed by atoms with Crippen molar-refractivity contribution in [2.75, 3.05) is 34.5 Å². The lowest BCUT2D eigenvalue weighted by atomic mass is 9.98. The number of hydrogen-bond acceptors (Lipinski definition) is 7. The molecule has 9 nitrogen and oxygen atoms in total. The molecule has 0 spiro atoms. The fraction of sp³-hybridized carbons (Fsp3) is 0.500. The van der Waals surface area contributed by atoms with Crippen LogP contribution >= 0.6 is 0 Å². The van der Waals surface area contributed by atoms with Gasteiger partial charge in [-0.15, -0.1) is 0 Å². The maximum atomic E-state index is 12.0. The van der Waals surface area contributed by atoms with Crippen LogP contribution < -0.4 is 14.8 Å². The Morgan fingerprint density at radius 2 is 2.04 bits per heavy atom. The summed E-state index contributed by atoms with van der Waals surface area (Å²) in [6.07, 6.45) is -0.487. The minimum atomic E-state index is -0.487. The summed E-state index contributed by atoms with van der Waals surface area (Å²) >= 11 is 0. The third kappa shape index (κ3) is 4.04. The van der Waals surface area contributed by atoms with Crippen LogP contribution in [-0.4, -0.2) is 55.2 Å². The molecule has 0 bridgehead atoms. The van der Waals surface area contributed by atoms with Crippen molar-refractivity contribution in [3.63, 3.8) is 0 Å². The Balaban J connectivity index is 1.98. The lowest BCUT2D eigenvalue weighted by Gasteiger charge is -2.32. The zero-order valence-electron chi connectivity index (χ0n) is 15.9. The number of morpholine rings is 1. The Bertz CT molecular complexity index is 807. The van der Waals surface area contributed by atoms with Gasteiger partial charge in [-0.3, -0.25) is 4.79 Å². The predicted octanol–water partition coefficient (Wildman–Crippen LogP) is 1.18. The number of nitrogens with one attached hydrogen (secondary N) is 1. The Hall–Kier alpha value is -2.65. The van der Waals surface area contributed by atoms with E-state index in [2.05, 4.69) is 15.4 Å². The van der Waals surface area contributed by atoms with Crippen LogP contribution in [0.3, 0.4) is 0 Å². The molecule has 3 rings (SSSR count). The molecule has 2 atom stereocenters. The number of ether oxygens (including phenoxy) is 4. The molecule has 0 radical (unpaired) electrons. The molecule has 1 aromatic carbocycles. The molecule has 1 aliphatic heterocycles. The second-order valence-electron chi connectivity index (χ2n) is 6.12. The van der Waals surface area contributed by atoms with Gasteiger partial charge in [0.1, 0.15) is 18.5 Å². The van der Waals surface area contributed by atoms with Gasteiger partial charge >= 0.3 is 0 Å². The van der Waals surface area contributed by atoms with Gasteiger partial charge in [0.05, 0.1) is 33.4 Å². The summed E-state index contributed by atoms with van der Waals surface area (Å²) in [5.74, 6) is 2.27. The molecule has 27 heavy (non-hydrogen) atoms. The molecule has 1 aromatic heterocycles. The Kier molecular flexibility index (Phi) is 5.92. The van der Waals surface area contributed by atoms with Gasteiger partial charge in [0.15, 0.2) is 17.3 Å². The van der Waals surface area contributed by atoms with E-state index in [4.69, 9.17) is 18.9 Å². The first-order chi connectivity index (χ1) is 13.1. The van der Waals surface area contributed by atoms with E-state index in [1.165, 1.54) is 0 Å². The number of carbonyl (C=O) groups excluding carboxylic acids is 1. The lowest BCUT2D eigenvalue weighted by molar-refractivity contribution is -0.138. The fourth-order valence-electron chi connectivity index (χ4n) is 3.11. The second kappa shape index (κ2) is 8.36. The number of aryl methyl sites for hydroxylation is 1. The maximum absolute atomic E-state index is 12.0. The van der Waals surface area contributed by atoms with Gasteiger partial charge in [0.2, 0.25) is 5.91 Å². The quantitative estimate of drug-likeness (QED) is 0.775. The molecule has 1 saturated heterocycles. The van der Waals surface area contributed by atoms with Crippen LogP contribution in [-0.2, 0) is 20.8 Å². The number of methoxy groups -OCH3 is 3. The second-order valence-corrected chi connectivity index (χ2v) is 6.12. The van der Waals surface area contributed by atoms with Crippen molar-refractivity contribution in [1.82, 2.24) is 20.1 Å². The van der Waals surface area contributed by atoms with Gasteiger partial charge in [-0.1, -0.05) is 6.07 Å². The molecule has 0 unspecified atom stereocenters. The number of amides is 1. The van der Waals surface area contributed by atoms with Crippen molar-refractivity contribution in [3.05, 3.63) is 35.4 Å². The molecular weight excluding hydrogens is 352 g/mol. The van der Waals surface area contributed by atoms with E-state index in [0.29, 0.717) is 36.3 Å². The van der Waals surface area contributed by atoms with Crippen LogP contribution in [0.5, 0.6) is 11.5 Å². The maximum Gasteiger partial charge on any atom is 0.246 e. The lowest BCUT2D eigenvalue weighted by Crippen LogP contribution is -2.42. The zero-order valence-corrected chi connectivity index (χ0v) is 15.9. The normalized spacial score (nSPS) is 19.6. The van der Waals surface area contributed by atoms with E-state index >= 15 is 0 Å². The van der Waals surface area contributed by atoms with E-state index in [1.54, 1.807) is 32.1 Å². The monoisotopic (exact) mass is 376 g/mol. The number of rotatable bonds is 7. The van der Waals surface area contributed by atoms with Crippen LogP contribution in [0, 0.1) is 6.92 Å². The fourth-order valence-corrected chi connectivity index (χ4v) is 3.11. The summed E-state index contributed by atoms with van der Waals surface area (Å²) < 4.78 is 23.5. The third-order valence-electron chi connectivity index (χ3n) is 4.35. The van der Waals surface area contributed by atoms with E-state index < -0.39 is 12.1 Å². The molecule has 2 heterocycles. The van der Waals surface area contributed by atoms with Crippen molar-refractivity contribution in [2.24, 2.45) is 0 Å². The molecule has 1 N–H and O–H groups in total. The Labute approximate surface area is 157 Å². The number of carbonyl (C=O) groups is 1. The van der Waals surface area contributed by atoms with Crippen LogP contribution in [0.4, 0.5) is 0 Å². The van der Waals surface area contributed by atoms with Crippen LogP contribution in [0.1, 0.15) is 29.4 Å². The molecule has 0 saturated carbocycles. The highest BCUT2D eigenvalue weighted by Gasteiger charge is 2.36. The first kappa shape index (κ1) is 19.1. The summed E-state index contributed by atoms with van der Waals surface area (Å²) in [6.45, 7) is 2.82. The zero-order chi connectivity index (χ0) is 19.4. The largest absolute Gasteiger partial charge is 0.493 e. The van der Waals surface area contributed by atoms with Crippen molar-refractivity contribution >= 4 is 5.91 Å². The first-order valence-corrected chi connectivity index (χ1v) is 8.60. The van der Waals surface area contributed by atoms with E-state index in [9.17, 15) is 4.79 Å². The van der Waals surface area contributed by atoms with E-state index in [1.807, 2.05) is 19.1 Å². The Morgan fingerprint density at radius 3 is 2.74 bits per heavy atom. The molecular formula is C18H24N4O5. The minimum absolute atomic E-state index is 0.0371. The number of nitrogens with zero attached hydrogens (tertiary/aromatic N) is 3. The van der Waals surface area contributed by atoms with Crippen LogP contribution in [0.25, 0.3) is 0 Å². The summed E-state index contributed by atoms with van der Waals surface area (Å²) in [7, 11) is 4.78. The minimum Gasteiger partial charge on any atom is -0.493 e. The summed E-state index contributed by atoms with van der Waals surface area (Å²) in [5, 5.41) is 7.41. The van der Waals surface area contributed by atoms with Gasteiger partial charge in [0.25, 0.3) is 0 Å². The van der Waals surface area contributed by atoms with Gasteiger partial charge < -0.3 is 24.3 Å². The van der Waals surface area contributed by atoms with Crippen molar-refractivity contribution in [1.29, 1.82) is 0 Å². The summed E-state index contributed by atoms with van der Waals surface area (Å²) in [5.41, 5.74) is 0.824. The SMILES string of the molecule is COCCn1nc(C)nc1[C@H]1OCC(=O)N[C@@H]1c1ccc(OC)c(OC)c1. The van der Waals surface area contributed by atoms with Gasteiger partial charge in [-0.2, -0.15) is 5.10 Å². The van der Waals surface area contributed by atoms with Crippen LogP contribution in [0.2, 0.25) is 0 Å². The molecule has 2 aromatic rings. The predicted molar refractivity (Wildman–Crippen MR) is 95.8 cm³/mol. The average molecular weight is 376 g/mol.